The fourth-order valence-electron chi connectivity index (χ4n) is 0.982. The normalized spacial score (nSPS) is 9.43. The van der Waals surface area contributed by atoms with Gasteiger partial charge in [0.15, 0.2) is 0 Å². The molecule has 0 amide bonds. The van der Waals surface area contributed by atoms with Gasteiger partial charge in [-0.2, -0.15) is 0 Å². The highest BCUT2D eigenvalue weighted by molar-refractivity contribution is 7.16. The van der Waals surface area contributed by atoms with Crippen molar-refractivity contribution in [3.63, 3.8) is 0 Å². The van der Waals surface area contributed by atoms with E-state index in [0.29, 0.717) is 0 Å². The number of aromatic amines is 1. The maximum Gasteiger partial charge on any atom is 0.143 e. The lowest BCUT2D eigenvalue weighted by Gasteiger charge is -1.80. The first-order valence-electron chi connectivity index (χ1n) is 4.19. The fourth-order valence-corrected chi connectivity index (χ4v) is 1.61. The average molecular weight is 203 g/mol. The molecule has 0 bridgehead atoms. The number of aromatic nitrogens is 3. The van der Waals surface area contributed by atoms with Crippen molar-refractivity contribution in [2.45, 2.75) is 0 Å². The summed E-state index contributed by atoms with van der Waals surface area (Å²) in [6.45, 7) is 0. The summed E-state index contributed by atoms with van der Waals surface area (Å²) < 4.78 is 0. The molecule has 3 nitrogen and oxygen atoms in total. The van der Waals surface area contributed by atoms with E-state index >= 15 is 0 Å². The van der Waals surface area contributed by atoms with Gasteiger partial charge in [-0.3, -0.25) is 0 Å². The van der Waals surface area contributed by atoms with Gasteiger partial charge in [0.05, 0.1) is 11.0 Å². The van der Waals surface area contributed by atoms with Crippen molar-refractivity contribution in [1.82, 2.24) is 15.0 Å². The Bertz CT molecular complexity index is 425. The van der Waals surface area contributed by atoms with Gasteiger partial charge in [0.2, 0.25) is 0 Å². The molecule has 3 rings (SSSR count). The van der Waals surface area contributed by atoms with E-state index in [4.69, 9.17) is 0 Å². The lowest BCUT2D eigenvalue weighted by Crippen LogP contribution is -1.68. The number of H-pyrrole nitrogens is 1. The van der Waals surface area contributed by atoms with E-state index in [1.165, 1.54) is 0 Å². The summed E-state index contributed by atoms with van der Waals surface area (Å²) in [6.07, 6.45) is 5.53. The van der Waals surface area contributed by atoms with Crippen molar-refractivity contribution in [2.24, 2.45) is 0 Å². The van der Waals surface area contributed by atoms with Gasteiger partial charge in [0.1, 0.15) is 4.83 Å². The van der Waals surface area contributed by atoms with Crippen LogP contribution in [0.5, 0.6) is 0 Å². The molecule has 3 aromatic rings. The van der Waals surface area contributed by atoms with Gasteiger partial charge in [-0.15, -0.1) is 11.3 Å². The molecule has 0 saturated carbocycles. The van der Waals surface area contributed by atoms with Gasteiger partial charge in [0.25, 0.3) is 0 Å². The van der Waals surface area contributed by atoms with Crippen LogP contribution >= 0.6 is 11.3 Å². The summed E-state index contributed by atoms with van der Waals surface area (Å²) in [6, 6.07) is 7.74. The van der Waals surface area contributed by atoms with Crippen LogP contribution in [-0.4, -0.2) is 15.0 Å². The van der Waals surface area contributed by atoms with E-state index in [1.807, 2.05) is 36.7 Å². The van der Waals surface area contributed by atoms with Crippen LogP contribution in [0.25, 0.3) is 10.3 Å². The SMILES string of the molecule is c1cc[nH]c1.c1cnc2scnc2c1. The smallest absolute Gasteiger partial charge is 0.143 e. The maximum absolute atomic E-state index is 4.10. The molecule has 70 valence electrons. The zero-order chi connectivity index (χ0) is 9.64. The molecule has 3 aromatic heterocycles. The van der Waals surface area contributed by atoms with Crippen molar-refractivity contribution in [3.05, 3.63) is 48.4 Å². The Labute approximate surface area is 85.5 Å². The van der Waals surface area contributed by atoms with Crippen LogP contribution in [0.2, 0.25) is 0 Å². The van der Waals surface area contributed by atoms with Gasteiger partial charge >= 0.3 is 0 Å². The highest BCUT2D eigenvalue weighted by atomic mass is 32.1. The molecule has 0 aliphatic rings. The third-order valence-corrected chi connectivity index (χ3v) is 2.35. The lowest BCUT2D eigenvalue weighted by atomic mass is 10.5. The Morgan fingerprint density at radius 3 is 2.57 bits per heavy atom. The molecule has 1 N–H and O–H groups in total. The molecular formula is C10H9N3S. The summed E-state index contributed by atoms with van der Waals surface area (Å²) in [5, 5.41) is 0. The van der Waals surface area contributed by atoms with E-state index < -0.39 is 0 Å². The molecule has 0 atom stereocenters. The number of fused-ring (bicyclic) bond motifs is 1. The number of nitrogens with one attached hydrogen (secondary N) is 1. The molecule has 0 fully saturated rings. The molecule has 0 aliphatic heterocycles. The van der Waals surface area contributed by atoms with Gasteiger partial charge in [-0.05, 0) is 24.3 Å². The Morgan fingerprint density at radius 2 is 1.93 bits per heavy atom. The van der Waals surface area contributed by atoms with E-state index in [2.05, 4.69) is 15.0 Å². The van der Waals surface area contributed by atoms with E-state index in [1.54, 1.807) is 23.0 Å². The second-order valence-corrected chi connectivity index (χ2v) is 3.40. The van der Waals surface area contributed by atoms with Crippen molar-refractivity contribution in [3.8, 4) is 0 Å². The Morgan fingerprint density at radius 1 is 1.07 bits per heavy atom. The summed E-state index contributed by atoms with van der Waals surface area (Å²) in [4.78, 5) is 12.0. The van der Waals surface area contributed by atoms with E-state index in [9.17, 15) is 0 Å². The minimum absolute atomic E-state index is 0.988. The molecule has 14 heavy (non-hydrogen) atoms. The monoisotopic (exact) mass is 203 g/mol. The zero-order valence-electron chi connectivity index (χ0n) is 7.42. The standard InChI is InChI=1S/C6H4N2S.C4H5N/c1-2-5-6(7-3-1)9-4-8-5;1-2-4-5-3-1/h1-4H;1-5H. The number of rotatable bonds is 0. The predicted molar refractivity (Wildman–Crippen MR) is 58.2 cm³/mol. The molecule has 0 radical (unpaired) electrons. The quantitative estimate of drug-likeness (QED) is 0.610. The van der Waals surface area contributed by atoms with Crippen molar-refractivity contribution in [2.75, 3.05) is 0 Å². The van der Waals surface area contributed by atoms with Gasteiger partial charge < -0.3 is 4.98 Å². The fraction of sp³-hybridized carbons (Fsp3) is 0. The predicted octanol–water partition coefficient (Wildman–Crippen LogP) is 2.71. The second kappa shape index (κ2) is 4.53. The van der Waals surface area contributed by atoms with Crippen molar-refractivity contribution in [1.29, 1.82) is 0 Å². The number of thiazole rings is 1. The largest absolute Gasteiger partial charge is 0.368 e. The van der Waals surface area contributed by atoms with Gasteiger partial charge in [-0.1, -0.05) is 0 Å². The third kappa shape index (κ3) is 2.17. The molecule has 4 heteroatoms. The van der Waals surface area contributed by atoms with Crippen LogP contribution in [-0.2, 0) is 0 Å². The summed E-state index contributed by atoms with van der Waals surface area (Å²) in [5.74, 6) is 0. The van der Waals surface area contributed by atoms with Crippen LogP contribution in [0.3, 0.4) is 0 Å². The van der Waals surface area contributed by atoms with Gasteiger partial charge in [0, 0.05) is 18.6 Å². The molecule has 0 unspecified atom stereocenters. The lowest BCUT2D eigenvalue weighted by molar-refractivity contribution is 1.41. The first-order chi connectivity index (χ1) is 6.97. The van der Waals surface area contributed by atoms with Crippen LogP contribution in [0.4, 0.5) is 0 Å². The van der Waals surface area contributed by atoms with Crippen LogP contribution in [0, 0.1) is 0 Å². The minimum atomic E-state index is 0.988. The molecule has 0 saturated heterocycles. The maximum atomic E-state index is 4.10. The van der Waals surface area contributed by atoms with Crippen LogP contribution in [0.1, 0.15) is 0 Å². The average Bonchev–Trinajstić information content (AvgIpc) is 2.92. The van der Waals surface area contributed by atoms with Gasteiger partial charge in [-0.25, -0.2) is 9.97 Å². The molecule has 0 spiro atoms. The highest BCUT2D eigenvalue weighted by Crippen LogP contribution is 2.12. The number of hydrogen-bond donors (Lipinski definition) is 1. The first kappa shape index (κ1) is 8.90. The Kier molecular flexibility index (Phi) is 2.88. The van der Waals surface area contributed by atoms with Crippen molar-refractivity contribution >= 4 is 21.7 Å². The number of hydrogen-bond acceptors (Lipinski definition) is 3. The van der Waals surface area contributed by atoms with E-state index in [-0.39, 0.29) is 0 Å². The van der Waals surface area contributed by atoms with Crippen LogP contribution in [0.15, 0.2) is 48.4 Å². The summed E-state index contributed by atoms with van der Waals surface area (Å²) in [7, 11) is 0. The Hall–Kier alpha value is -1.68. The zero-order valence-corrected chi connectivity index (χ0v) is 8.24. The molecule has 0 aliphatic carbocycles. The van der Waals surface area contributed by atoms with Crippen molar-refractivity contribution < 1.29 is 0 Å². The molecule has 3 heterocycles. The Balaban J connectivity index is 0.000000128. The topological polar surface area (TPSA) is 41.6 Å². The third-order valence-electron chi connectivity index (χ3n) is 1.60. The molecular weight excluding hydrogens is 194 g/mol. The van der Waals surface area contributed by atoms with E-state index in [0.717, 1.165) is 10.3 Å². The second-order valence-electron chi connectivity index (χ2n) is 2.56. The number of nitrogens with zero attached hydrogens (tertiary/aromatic N) is 2. The number of pyridine rings is 1. The highest BCUT2D eigenvalue weighted by Gasteiger charge is 1.91. The van der Waals surface area contributed by atoms with Crippen LogP contribution < -0.4 is 0 Å². The molecule has 0 aromatic carbocycles. The minimum Gasteiger partial charge on any atom is -0.368 e. The summed E-state index contributed by atoms with van der Waals surface area (Å²) >= 11 is 1.57. The summed E-state index contributed by atoms with van der Waals surface area (Å²) in [5.41, 5.74) is 2.79. The first-order valence-corrected chi connectivity index (χ1v) is 5.07.